The zero-order chi connectivity index (χ0) is 53.6. The molecule has 0 aromatic rings. The molecule has 0 aliphatic carbocycles. The number of rotatable bonds is 53. The van der Waals surface area contributed by atoms with Gasteiger partial charge in [0.2, 0.25) is 5.91 Å². The molecular formula is C63H114N2O7P+. The van der Waals surface area contributed by atoms with Crippen LogP contribution in [0, 0.1) is 0 Å². The van der Waals surface area contributed by atoms with Crippen molar-refractivity contribution in [3.8, 4) is 0 Å². The second kappa shape index (κ2) is 52.6. The molecule has 0 fully saturated rings. The van der Waals surface area contributed by atoms with Crippen molar-refractivity contribution in [2.75, 3.05) is 40.9 Å². The van der Waals surface area contributed by atoms with Crippen LogP contribution in [0.3, 0.4) is 0 Å². The van der Waals surface area contributed by atoms with Crippen molar-refractivity contribution in [1.29, 1.82) is 0 Å². The minimum Gasteiger partial charge on any atom is -0.456 e. The first kappa shape index (κ1) is 70.2. The molecule has 0 aromatic carbocycles. The van der Waals surface area contributed by atoms with Crippen molar-refractivity contribution in [2.24, 2.45) is 0 Å². The SMILES string of the molecule is CCCCC/C=C\C/C=C\C/C=C\C/C=C\CCCCCCCC(=O)OC(/C=C\CCCCCCCCCCCCC)C(COP(=O)(O)OCC[N+](C)(C)C)NC(=O)CC/C=C/C/C=C\CCCCCCCC. The number of carbonyl (C=O) groups is 2. The van der Waals surface area contributed by atoms with E-state index in [1.54, 1.807) is 0 Å². The first-order valence-electron chi connectivity index (χ1n) is 29.9. The maximum Gasteiger partial charge on any atom is 0.472 e. The Morgan fingerprint density at radius 2 is 0.849 bits per heavy atom. The molecule has 0 bridgehead atoms. The summed E-state index contributed by atoms with van der Waals surface area (Å²) >= 11 is 0. The number of nitrogens with one attached hydrogen (secondary N) is 1. The van der Waals surface area contributed by atoms with Gasteiger partial charge >= 0.3 is 13.8 Å². The Morgan fingerprint density at radius 3 is 1.30 bits per heavy atom. The Kier molecular flexibility index (Phi) is 50.6. The largest absolute Gasteiger partial charge is 0.472 e. The number of nitrogens with zero attached hydrogens (tertiary/aromatic N) is 1. The van der Waals surface area contributed by atoms with Crippen LogP contribution in [0.5, 0.6) is 0 Å². The number of amides is 1. The number of phosphoric ester groups is 1. The lowest BCUT2D eigenvalue weighted by Crippen LogP contribution is -2.47. The fourth-order valence-electron chi connectivity index (χ4n) is 8.15. The number of likely N-dealkylation sites (N-methyl/N-ethyl adjacent to an activating group) is 1. The molecule has 3 atom stereocenters. The van der Waals surface area contributed by atoms with E-state index in [1.807, 2.05) is 39.4 Å². The van der Waals surface area contributed by atoms with E-state index in [2.05, 4.69) is 92.9 Å². The number of esters is 1. The Labute approximate surface area is 450 Å². The summed E-state index contributed by atoms with van der Waals surface area (Å²) in [5.41, 5.74) is 0. The highest BCUT2D eigenvalue weighted by atomic mass is 31.2. The maximum absolute atomic E-state index is 13.5. The summed E-state index contributed by atoms with van der Waals surface area (Å²) in [6, 6.07) is -0.890. The van der Waals surface area contributed by atoms with Gasteiger partial charge in [0, 0.05) is 12.8 Å². The number of ether oxygens (including phenoxy) is 1. The quantitative estimate of drug-likeness (QED) is 0.0205. The van der Waals surface area contributed by atoms with Gasteiger partial charge in [0.15, 0.2) is 0 Å². The van der Waals surface area contributed by atoms with E-state index in [-0.39, 0.29) is 37.9 Å². The minimum absolute atomic E-state index is 0.0245. The zero-order valence-corrected chi connectivity index (χ0v) is 49.0. The van der Waals surface area contributed by atoms with Gasteiger partial charge in [0.05, 0.1) is 33.8 Å². The molecule has 0 aliphatic rings. The van der Waals surface area contributed by atoms with E-state index in [4.69, 9.17) is 13.8 Å². The van der Waals surface area contributed by atoms with E-state index in [0.29, 0.717) is 23.9 Å². The molecule has 3 unspecified atom stereocenters. The van der Waals surface area contributed by atoms with Crippen LogP contribution in [0.15, 0.2) is 85.1 Å². The predicted octanol–water partition coefficient (Wildman–Crippen LogP) is 18.2. The lowest BCUT2D eigenvalue weighted by atomic mass is 10.0. The fourth-order valence-corrected chi connectivity index (χ4v) is 8.88. The molecule has 73 heavy (non-hydrogen) atoms. The standard InChI is InChI=1S/C63H113N2O7P/c1-7-10-13-16-19-22-25-28-29-30-31-32-33-34-35-38-41-44-47-50-53-56-63(67)72-61(54-51-48-45-42-39-36-26-23-20-17-14-11-8-2)60(59-71-73(68,69)70-58-57-65(4,5)6)64-62(66)55-52-49-46-43-40-37-27-24-21-18-15-12-9-3/h19,22,28-29,31-32,34-35,37,40,46,49,51,54,60-61H,7-18,20-21,23-27,30,33,36,38-39,41-45,47-48,50,52-53,55-59H2,1-6H3,(H-,64,66,68,69)/p+1/b22-19-,29-28-,32-31-,35-34-,40-37-,49-46+,54-51-. The lowest BCUT2D eigenvalue weighted by Gasteiger charge is -2.27. The summed E-state index contributed by atoms with van der Waals surface area (Å²) in [4.78, 5) is 37.6. The van der Waals surface area contributed by atoms with Gasteiger partial charge in [0.1, 0.15) is 19.3 Å². The van der Waals surface area contributed by atoms with Crippen LogP contribution in [0.1, 0.15) is 252 Å². The van der Waals surface area contributed by atoms with Crippen molar-refractivity contribution in [2.45, 2.75) is 264 Å². The molecule has 0 aliphatic heterocycles. The predicted molar refractivity (Wildman–Crippen MR) is 314 cm³/mol. The summed E-state index contributed by atoms with van der Waals surface area (Å²) in [7, 11) is 1.45. The van der Waals surface area contributed by atoms with Crippen molar-refractivity contribution < 1.29 is 37.3 Å². The molecule has 9 nitrogen and oxygen atoms in total. The van der Waals surface area contributed by atoms with Crippen LogP contribution < -0.4 is 5.32 Å². The number of allylic oxidation sites excluding steroid dienone is 13. The van der Waals surface area contributed by atoms with Crippen molar-refractivity contribution in [3.63, 3.8) is 0 Å². The monoisotopic (exact) mass is 1040 g/mol. The topological polar surface area (TPSA) is 111 Å². The van der Waals surface area contributed by atoms with Gasteiger partial charge < -0.3 is 19.4 Å². The van der Waals surface area contributed by atoms with E-state index < -0.39 is 20.0 Å². The fraction of sp³-hybridized carbons (Fsp3) is 0.746. The molecule has 0 saturated carbocycles. The van der Waals surface area contributed by atoms with E-state index >= 15 is 0 Å². The van der Waals surface area contributed by atoms with Crippen LogP contribution in [0.25, 0.3) is 0 Å². The van der Waals surface area contributed by atoms with Gasteiger partial charge in [-0.05, 0) is 96.0 Å². The van der Waals surface area contributed by atoms with Gasteiger partial charge in [-0.25, -0.2) is 4.57 Å². The van der Waals surface area contributed by atoms with Gasteiger partial charge in [-0.3, -0.25) is 18.6 Å². The van der Waals surface area contributed by atoms with Crippen molar-refractivity contribution in [3.05, 3.63) is 85.1 Å². The second-order valence-corrected chi connectivity index (χ2v) is 22.6. The average molecular weight is 1040 g/mol. The molecule has 0 aromatic heterocycles. The van der Waals surface area contributed by atoms with Gasteiger partial charge in [-0.1, -0.05) is 228 Å². The molecule has 2 N–H and O–H groups in total. The number of carbonyl (C=O) groups excluding carboxylic acids is 2. The third-order valence-electron chi connectivity index (χ3n) is 12.8. The molecule has 0 saturated heterocycles. The first-order chi connectivity index (χ1) is 35.4. The van der Waals surface area contributed by atoms with Crippen molar-refractivity contribution >= 4 is 19.7 Å². The molecule has 1 amide bonds. The first-order valence-corrected chi connectivity index (χ1v) is 31.4. The minimum atomic E-state index is -4.47. The zero-order valence-electron chi connectivity index (χ0n) is 48.1. The third-order valence-corrected chi connectivity index (χ3v) is 13.8. The number of quaternary nitrogens is 1. The Bertz CT molecular complexity index is 1530. The van der Waals surface area contributed by atoms with Gasteiger partial charge in [-0.2, -0.15) is 0 Å². The molecule has 0 heterocycles. The highest BCUT2D eigenvalue weighted by Crippen LogP contribution is 2.43. The summed E-state index contributed by atoms with van der Waals surface area (Å²) < 4.78 is 30.6. The number of unbranched alkanes of at least 4 members (excludes halogenated alkanes) is 25. The summed E-state index contributed by atoms with van der Waals surface area (Å²) in [6.45, 7) is 6.91. The molecule has 0 rings (SSSR count). The maximum atomic E-state index is 13.5. The van der Waals surface area contributed by atoms with Crippen LogP contribution in [0.4, 0.5) is 0 Å². The van der Waals surface area contributed by atoms with Gasteiger partial charge in [0.25, 0.3) is 0 Å². The van der Waals surface area contributed by atoms with Crippen LogP contribution in [-0.4, -0.2) is 74.3 Å². The van der Waals surface area contributed by atoms with E-state index in [1.165, 1.54) is 122 Å². The normalized spacial score (nSPS) is 14.3. The van der Waals surface area contributed by atoms with E-state index in [9.17, 15) is 19.0 Å². The Morgan fingerprint density at radius 1 is 0.479 bits per heavy atom. The summed E-state index contributed by atoms with van der Waals surface area (Å²) in [6.07, 6.45) is 68.8. The smallest absolute Gasteiger partial charge is 0.456 e. The van der Waals surface area contributed by atoms with Crippen molar-refractivity contribution in [1.82, 2.24) is 5.32 Å². The molecular weight excluding hydrogens is 928 g/mol. The third kappa shape index (κ3) is 53.8. The number of phosphoric acid groups is 1. The summed E-state index contributed by atoms with van der Waals surface area (Å²) in [5, 5.41) is 3.00. The van der Waals surface area contributed by atoms with Crippen LogP contribution >= 0.6 is 7.82 Å². The highest BCUT2D eigenvalue weighted by Gasteiger charge is 2.30. The second-order valence-electron chi connectivity index (χ2n) is 21.2. The van der Waals surface area contributed by atoms with Crippen LogP contribution in [0.2, 0.25) is 0 Å². The van der Waals surface area contributed by atoms with E-state index in [0.717, 1.165) is 83.5 Å². The molecule has 10 heteroatoms. The molecule has 0 spiro atoms. The molecule has 0 radical (unpaired) electrons. The highest BCUT2D eigenvalue weighted by molar-refractivity contribution is 7.47. The average Bonchev–Trinajstić information content (AvgIpc) is 3.35. The van der Waals surface area contributed by atoms with Gasteiger partial charge in [-0.15, -0.1) is 0 Å². The lowest BCUT2D eigenvalue weighted by molar-refractivity contribution is -0.870. The molecule has 422 valence electrons. The summed E-state index contributed by atoms with van der Waals surface area (Å²) in [5.74, 6) is -0.606. The Balaban J connectivity index is 5.40. The Hall–Kier alpha value is -2.81. The number of hydrogen-bond donors (Lipinski definition) is 2. The number of hydrogen-bond acceptors (Lipinski definition) is 6. The van der Waals surface area contributed by atoms with Crippen LogP contribution in [-0.2, 0) is 27.9 Å².